The lowest BCUT2D eigenvalue weighted by molar-refractivity contribution is -0.143. The number of alkyl halides is 3. The van der Waals surface area contributed by atoms with Gasteiger partial charge in [0.1, 0.15) is 6.04 Å². The van der Waals surface area contributed by atoms with E-state index in [4.69, 9.17) is 4.74 Å². The van der Waals surface area contributed by atoms with Crippen molar-refractivity contribution < 1.29 is 32.6 Å². The van der Waals surface area contributed by atoms with Crippen LogP contribution >= 0.6 is 0 Å². The summed E-state index contributed by atoms with van der Waals surface area (Å²) in [5, 5.41) is 10.1. The van der Waals surface area contributed by atoms with Crippen LogP contribution in [0.1, 0.15) is 28.3 Å². The summed E-state index contributed by atoms with van der Waals surface area (Å²) in [6, 6.07) is 16.9. The first-order chi connectivity index (χ1) is 15.7. The second-order valence-corrected chi connectivity index (χ2v) is 7.71. The van der Waals surface area contributed by atoms with Crippen molar-refractivity contribution in [3.8, 4) is 11.1 Å². The molecule has 1 aliphatic carbocycles. The topological polar surface area (TPSA) is 66.8 Å². The van der Waals surface area contributed by atoms with Gasteiger partial charge in [-0.2, -0.15) is 13.2 Å². The molecule has 5 nitrogen and oxygen atoms in total. The van der Waals surface area contributed by atoms with Gasteiger partial charge in [-0.1, -0.05) is 66.7 Å². The number of hydrogen-bond acceptors (Lipinski definition) is 3. The molecular weight excluding hydrogens is 435 g/mol. The SMILES string of the molecule is COC(=O)N(C1c2ccccc2-c2ccccc21)[C@@H](Cc1cccc(C(F)(F)F)c1)C(=O)O. The molecule has 1 atom stereocenters. The quantitative estimate of drug-likeness (QED) is 0.549. The molecule has 33 heavy (non-hydrogen) atoms. The molecule has 0 saturated carbocycles. The van der Waals surface area contributed by atoms with Gasteiger partial charge in [-0.3, -0.25) is 4.90 Å². The van der Waals surface area contributed by atoms with Gasteiger partial charge < -0.3 is 9.84 Å². The first kappa shape index (κ1) is 22.4. The molecule has 1 aliphatic rings. The number of carboxylic acids is 1. The number of halogens is 3. The van der Waals surface area contributed by atoms with Crippen molar-refractivity contribution in [3.05, 3.63) is 95.1 Å². The molecule has 170 valence electrons. The van der Waals surface area contributed by atoms with E-state index in [1.165, 1.54) is 12.1 Å². The monoisotopic (exact) mass is 455 g/mol. The van der Waals surface area contributed by atoms with Crippen LogP contribution in [0.25, 0.3) is 11.1 Å². The van der Waals surface area contributed by atoms with Crippen molar-refractivity contribution in [2.45, 2.75) is 24.7 Å². The molecule has 1 N–H and O–H groups in total. The Hall–Kier alpha value is -3.81. The first-order valence-corrected chi connectivity index (χ1v) is 10.2. The fourth-order valence-electron chi connectivity index (χ4n) is 4.35. The Kier molecular flexibility index (Phi) is 5.84. The number of methoxy groups -OCH3 is 1. The van der Waals surface area contributed by atoms with Crippen LogP contribution in [-0.2, 0) is 22.1 Å². The first-order valence-electron chi connectivity index (χ1n) is 10.2. The summed E-state index contributed by atoms with van der Waals surface area (Å²) < 4.78 is 44.5. The van der Waals surface area contributed by atoms with E-state index in [0.29, 0.717) is 0 Å². The predicted octanol–water partition coefficient (Wildman–Crippen LogP) is 5.54. The molecule has 1 amide bonds. The third kappa shape index (κ3) is 4.16. The standard InChI is InChI=1S/C25H20F3NO4/c1-33-24(32)29(21(23(30)31)14-15-7-6-8-16(13-15)25(26,27)28)22-19-11-4-2-9-17(19)18-10-3-5-12-20(18)22/h2-13,21-22H,14H2,1H3,(H,30,31)/t21-/m0/s1. The van der Waals surface area contributed by atoms with E-state index in [1.807, 2.05) is 24.3 Å². The van der Waals surface area contributed by atoms with Crippen LogP contribution in [0, 0.1) is 0 Å². The molecular formula is C25H20F3NO4. The second-order valence-electron chi connectivity index (χ2n) is 7.71. The van der Waals surface area contributed by atoms with Crippen molar-refractivity contribution in [2.75, 3.05) is 7.11 Å². The lowest BCUT2D eigenvalue weighted by Crippen LogP contribution is -2.48. The highest BCUT2D eigenvalue weighted by Gasteiger charge is 2.42. The maximum atomic E-state index is 13.2. The van der Waals surface area contributed by atoms with Gasteiger partial charge in [0.15, 0.2) is 0 Å². The Morgan fingerprint density at radius 1 is 0.970 bits per heavy atom. The zero-order valence-electron chi connectivity index (χ0n) is 17.5. The molecule has 0 unspecified atom stereocenters. The fourth-order valence-corrected chi connectivity index (χ4v) is 4.35. The second kappa shape index (κ2) is 8.61. The number of ether oxygens (including phenoxy) is 1. The van der Waals surface area contributed by atoms with E-state index < -0.39 is 35.9 Å². The molecule has 0 saturated heterocycles. The molecule has 3 aromatic carbocycles. The number of carbonyl (C=O) groups is 2. The van der Waals surface area contributed by atoms with Gasteiger partial charge in [-0.15, -0.1) is 0 Å². The van der Waals surface area contributed by atoms with Gasteiger partial charge >= 0.3 is 18.2 Å². The van der Waals surface area contributed by atoms with Crippen LogP contribution in [0.15, 0.2) is 72.8 Å². The van der Waals surface area contributed by atoms with Crippen LogP contribution in [0.3, 0.4) is 0 Å². The number of benzene rings is 3. The molecule has 8 heteroatoms. The van der Waals surface area contributed by atoms with Crippen molar-refractivity contribution in [2.24, 2.45) is 0 Å². The van der Waals surface area contributed by atoms with E-state index in [-0.39, 0.29) is 12.0 Å². The Labute approximate surface area is 188 Å². The molecule has 0 fully saturated rings. The van der Waals surface area contributed by atoms with Crippen molar-refractivity contribution in [3.63, 3.8) is 0 Å². The van der Waals surface area contributed by atoms with Crippen LogP contribution in [-0.4, -0.2) is 35.2 Å². The lowest BCUT2D eigenvalue weighted by atomic mass is 9.97. The molecule has 3 aromatic rings. The van der Waals surface area contributed by atoms with E-state index in [1.54, 1.807) is 24.3 Å². The van der Waals surface area contributed by atoms with Gasteiger partial charge in [0.05, 0.1) is 18.7 Å². The zero-order valence-corrected chi connectivity index (χ0v) is 17.5. The van der Waals surface area contributed by atoms with Crippen molar-refractivity contribution in [1.82, 2.24) is 4.90 Å². The maximum absolute atomic E-state index is 13.2. The zero-order chi connectivity index (χ0) is 23.8. The number of carbonyl (C=O) groups excluding carboxylic acids is 1. The molecule has 0 aliphatic heterocycles. The van der Waals surface area contributed by atoms with Crippen LogP contribution in [0.5, 0.6) is 0 Å². The van der Waals surface area contributed by atoms with Crippen molar-refractivity contribution >= 4 is 12.1 Å². The summed E-state index contributed by atoms with van der Waals surface area (Å²) in [5.74, 6) is -1.35. The summed E-state index contributed by atoms with van der Waals surface area (Å²) in [6.07, 6.45) is -5.78. The molecule has 0 spiro atoms. The third-order valence-electron chi connectivity index (χ3n) is 5.77. The number of aliphatic carboxylic acids is 1. The number of rotatable bonds is 5. The smallest absolute Gasteiger partial charge is 0.416 e. The van der Waals surface area contributed by atoms with Gasteiger partial charge in [0, 0.05) is 6.42 Å². The third-order valence-corrected chi connectivity index (χ3v) is 5.77. The summed E-state index contributed by atoms with van der Waals surface area (Å²) >= 11 is 0. The highest BCUT2D eigenvalue weighted by molar-refractivity contribution is 5.85. The van der Waals surface area contributed by atoms with E-state index >= 15 is 0 Å². The summed E-state index contributed by atoms with van der Waals surface area (Å²) in [5.41, 5.74) is 2.42. The number of hydrogen-bond donors (Lipinski definition) is 1. The van der Waals surface area contributed by atoms with Crippen LogP contribution in [0.2, 0.25) is 0 Å². The Bertz CT molecular complexity index is 1160. The molecule has 0 heterocycles. The predicted molar refractivity (Wildman–Crippen MR) is 115 cm³/mol. The molecule has 0 aromatic heterocycles. The summed E-state index contributed by atoms with van der Waals surface area (Å²) in [6.45, 7) is 0. The normalized spacial score (nSPS) is 13.7. The minimum Gasteiger partial charge on any atom is -0.480 e. The molecule has 0 radical (unpaired) electrons. The minimum atomic E-state index is -4.57. The van der Waals surface area contributed by atoms with Crippen LogP contribution in [0.4, 0.5) is 18.0 Å². The highest BCUT2D eigenvalue weighted by atomic mass is 19.4. The molecule has 4 rings (SSSR count). The van der Waals surface area contributed by atoms with Gasteiger partial charge in [-0.25, -0.2) is 9.59 Å². The average Bonchev–Trinajstić information content (AvgIpc) is 3.12. The number of fused-ring (bicyclic) bond motifs is 3. The van der Waals surface area contributed by atoms with E-state index in [2.05, 4.69) is 0 Å². The highest BCUT2D eigenvalue weighted by Crippen LogP contribution is 2.47. The van der Waals surface area contributed by atoms with Crippen molar-refractivity contribution in [1.29, 1.82) is 0 Å². The Morgan fingerprint density at radius 3 is 2.06 bits per heavy atom. The lowest BCUT2D eigenvalue weighted by Gasteiger charge is -2.34. The van der Waals surface area contributed by atoms with Gasteiger partial charge in [0.2, 0.25) is 0 Å². The summed E-state index contributed by atoms with van der Waals surface area (Å²) in [7, 11) is 1.14. The average molecular weight is 455 g/mol. The number of carboxylic acid groups (broad SMARTS) is 1. The Morgan fingerprint density at radius 2 is 1.55 bits per heavy atom. The van der Waals surface area contributed by atoms with E-state index in [9.17, 15) is 27.9 Å². The minimum absolute atomic E-state index is 0.144. The number of amides is 1. The Balaban J connectivity index is 1.81. The summed E-state index contributed by atoms with van der Waals surface area (Å²) in [4.78, 5) is 26.4. The molecule has 0 bridgehead atoms. The largest absolute Gasteiger partial charge is 0.480 e. The van der Waals surface area contributed by atoms with Gasteiger partial charge in [0.25, 0.3) is 0 Å². The maximum Gasteiger partial charge on any atom is 0.416 e. The number of nitrogens with zero attached hydrogens (tertiary/aromatic N) is 1. The van der Waals surface area contributed by atoms with Gasteiger partial charge in [-0.05, 0) is 33.9 Å². The van der Waals surface area contributed by atoms with E-state index in [0.717, 1.165) is 46.4 Å². The van der Waals surface area contributed by atoms with Crippen LogP contribution < -0.4 is 0 Å². The fraction of sp³-hybridized carbons (Fsp3) is 0.200.